The minimum Gasteiger partial charge on any atom is -0.318 e. The number of imidazole rings is 1. The lowest BCUT2D eigenvalue weighted by Crippen LogP contribution is -2.20. The number of para-hydroxylation sites is 2. The van der Waals surface area contributed by atoms with Crippen molar-refractivity contribution < 1.29 is 4.79 Å². The first-order valence-corrected chi connectivity index (χ1v) is 11.1. The van der Waals surface area contributed by atoms with Crippen LogP contribution in [0.15, 0.2) is 48.5 Å². The molecule has 1 N–H and O–H groups in total. The van der Waals surface area contributed by atoms with E-state index >= 15 is 0 Å². The number of aromatic nitrogens is 4. The van der Waals surface area contributed by atoms with Crippen molar-refractivity contribution in [2.24, 2.45) is 0 Å². The second-order valence-corrected chi connectivity index (χ2v) is 8.23. The molecule has 0 radical (unpaired) electrons. The number of hydrogen-bond acceptors (Lipinski definition) is 6. The molecule has 0 aliphatic heterocycles. The van der Waals surface area contributed by atoms with E-state index in [1.165, 1.54) is 11.3 Å². The lowest BCUT2D eigenvalue weighted by Gasteiger charge is -2.08. The maximum Gasteiger partial charge on any atom is 0.246 e. The van der Waals surface area contributed by atoms with Crippen molar-refractivity contribution in [3.63, 3.8) is 0 Å². The fraction of sp³-hybridized carbons (Fsp3) is 0.158. The van der Waals surface area contributed by atoms with Crippen LogP contribution in [0.1, 0.15) is 5.82 Å². The largest absolute Gasteiger partial charge is 0.318 e. The highest BCUT2D eigenvalue weighted by molar-refractivity contribution is 7.97. The van der Waals surface area contributed by atoms with Gasteiger partial charge in [0, 0.05) is 5.56 Å². The number of fused-ring (bicyclic) bond motifs is 1. The highest BCUT2D eigenvalue weighted by Gasteiger charge is 2.15. The standard InChI is InChI=1S/C19H16ClN5OS2/c1-27-11-16-21-14-8-4-5-9-15(14)25(16)10-17(26)22-19-24-23-18(28-19)12-6-2-3-7-13(12)20/h2-9H,10-11H2,1H3,(H,22,24,26). The van der Waals surface area contributed by atoms with E-state index in [0.717, 1.165) is 28.2 Å². The summed E-state index contributed by atoms with van der Waals surface area (Å²) in [6, 6.07) is 15.2. The Bertz CT molecular complexity index is 1140. The van der Waals surface area contributed by atoms with E-state index in [1.807, 2.05) is 53.3 Å². The molecule has 28 heavy (non-hydrogen) atoms. The van der Waals surface area contributed by atoms with Gasteiger partial charge in [-0.15, -0.1) is 10.2 Å². The van der Waals surface area contributed by atoms with Crippen LogP contribution < -0.4 is 5.32 Å². The van der Waals surface area contributed by atoms with Gasteiger partial charge in [0.25, 0.3) is 0 Å². The van der Waals surface area contributed by atoms with Gasteiger partial charge in [0.2, 0.25) is 11.0 Å². The first-order chi connectivity index (χ1) is 13.7. The zero-order chi connectivity index (χ0) is 19.5. The summed E-state index contributed by atoms with van der Waals surface area (Å²) >= 11 is 9.17. The second kappa shape index (κ2) is 8.30. The number of nitrogens with one attached hydrogen (secondary N) is 1. The van der Waals surface area contributed by atoms with Gasteiger partial charge in [-0.1, -0.05) is 53.3 Å². The number of hydrogen-bond donors (Lipinski definition) is 1. The number of benzene rings is 2. The van der Waals surface area contributed by atoms with Gasteiger partial charge >= 0.3 is 0 Å². The molecule has 2 aromatic carbocycles. The van der Waals surface area contributed by atoms with Crippen LogP contribution in [0, 0.1) is 0 Å². The Morgan fingerprint density at radius 3 is 2.79 bits per heavy atom. The van der Waals surface area contributed by atoms with Gasteiger partial charge in [0.05, 0.1) is 21.8 Å². The number of carbonyl (C=O) groups is 1. The second-order valence-electron chi connectivity index (χ2n) is 5.98. The fourth-order valence-corrected chi connectivity index (χ4v) is 4.42. The third-order valence-corrected chi connectivity index (χ3v) is 5.83. The highest BCUT2D eigenvalue weighted by Crippen LogP contribution is 2.31. The molecule has 4 rings (SSSR count). The molecule has 0 bridgehead atoms. The Morgan fingerprint density at radius 1 is 1.18 bits per heavy atom. The summed E-state index contributed by atoms with van der Waals surface area (Å²) in [6.07, 6.45) is 2.02. The van der Waals surface area contributed by atoms with E-state index in [-0.39, 0.29) is 12.5 Å². The quantitative estimate of drug-likeness (QED) is 0.480. The molecule has 0 fully saturated rings. The van der Waals surface area contributed by atoms with Crippen molar-refractivity contribution >= 4 is 56.8 Å². The third kappa shape index (κ3) is 3.89. The zero-order valence-corrected chi connectivity index (χ0v) is 17.3. The molecule has 0 saturated carbocycles. The molecule has 2 heterocycles. The van der Waals surface area contributed by atoms with Crippen LogP contribution in [0.2, 0.25) is 5.02 Å². The van der Waals surface area contributed by atoms with Gasteiger partial charge in [-0.2, -0.15) is 11.8 Å². The molecule has 142 valence electrons. The summed E-state index contributed by atoms with van der Waals surface area (Å²) in [7, 11) is 0. The molecule has 0 saturated heterocycles. The van der Waals surface area contributed by atoms with Crippen molar-refractivity contribution in [2.75, 3.05) is 11.6 Å². The van der Waals surface area contributed by atoms with Crippen LogP contribution >= 0.6 is 34.7 Å². The smallest absolute Gasteiger partial charge is 0.246 e. The van der Waals surface area contributed by atoms with Gasteiger partial charge in [0.15, 0.2) is 5.01 Å². The number of halogens is 1. The normalized spacial score (nSPS) is 11.1. The molecule has 0 unspecified atom stereocenters. The third-order valence-electron chi connectivity index (χ3n) is 4.08. The topological polar surface area (TPSA) is 72.7 Å². The molecule has 9 heteroatoms. The number of amides is 1. The van der Waals surface area contributed by atoms with Crippen LogP contribution in [0.3, 0.4) is 0 Å². The average molecular weight is 430 g/mol. The monoisotopic (exact) mass is 429 g/mol. The van der Waals surface area contributed by atoms with Crippen molar-refractivity contribution in [3.05, 3.63) is 59.4 Å². The van der Waals surface area contributed by atoms with Gasteiger partial charge in [-0.05, 0) is 24.5 Å². The Morgan fingerprint density at radius 2 is 1.96 bits per heavy atom. The molecule has 0 spiro atoms. The molecule has 6 nitrogen and oxygen atoms in total. The summed E-state index contributed by atoms with van der Waals surface area (Å²) in [5.41, 5.74) is 2.62. The van der Waals surface area contributed by atoms with Crippen molar-refractivity contribution in [2.45, 2.75) is 12.3 Å². The molecule has 0 aliphatic carbocycles. The summed E-state index contributed by atoms with van der Waals surface area (Å²) < 4.78 is 1.94. The van der Waals surface area contributed by atoms with Crippen molar-refractivity contribution in [1.29, 1.82) is 0 Å². The first kappa shape index (κ1) is 18.9. The number of carbonyl (C=O) groups excluding carboxylic acids is 1. The number of nitrogens with zero attached hydrogens (tertiary/aromatic N) is 4. The van der Waals surface area contributed by atoms with E-state index in [2.05, 4.69) is 20.5 Å². The molecular weight excluding hydrogens is 414 g/mol. The van der Waals surface area contributed by atoms with E-state index in [9.17, 15) is 4.79 Å². The average Bonchev–Trinajstić information content (AvgIpc) is 3.28. The van der Waals surface area contributed by atoms with E-state index in [0.29, 0.717) is 15.2 Å². The minimum atomic E-state index is -0.174. The van der Waals surface area contributed by atoms with E-state index in [4.69, 9.17) is 11.6 Å². The van der Waals surface area contributed by atoms with Crippen LogP contribution in [-0.2, 0) is 17.1 Å². The first-order valence-electron chi connectivity index (χ1n) is 8.47. The molecular formula is C19H16ClN5OS2. The predicted molar refractivity (Wildman–Crippen MR) is 116 cm³/mol. The van der Waals surface area contributed by atoms with Crippen LogP contribution in [0.25, 0.3) is 21.6 Å². The summed E-state index contributed by atoms with van der Waals surface area (Å²) in [6.45, 7) is 0.164. The molecule has 2 aromatic heterocycles. The Kier molecular flexibility index (Phi) is 5.61. The molecule has 0 atom stereocenters. The maximum atomic E-state index is 12.6. The molecule has 4 aromatic rings. The number of rotatable bonds is 6. The zero-order valence-electron chi connectivity index (χ0n) is 14.9. The number of thioether (sulfide) groups is 1. The molecule has 1 amide bonds. The Balaban J connectivity index is 1.54. The van der Waals surface area contributed by atoms with Gasteiger partial charge in [0.1, 0.15) is 12.4 Å². The lowest BCUT2D eigenvalue weighted by atomic mass is 10.2. The SMILES string of the molecule is CSCc1nc2ccccc2n1CC(=O)Nc1nnc(-c2ccccc2Cl)s1. The Hall–Kier alpha value is -2.42. The minimum absolute atomic E-state index is 0.164. The maximum absolute atomic E-state index is 12.6. The summed E-state index contributed by atoms with van der Waals surface area (Å²) in [4.78, 5) is 17.3. The predicted octanol–water partition coefficient (Wildman–Crippen LogP) is 4.71. The van der Waals surface area contributed by atoms with Crippen LogP contribution in [0.5, 0.6) is 0 Å². The van der Waals surface area contributed by atoms with Gasteiger partial charge < -0.3 is 4.57 Å². The summed E-state index contributed by atoms with van der Waals surface area (Å²) in [5.74, 6) is 1.43. The van der Waals surface area contributed by atoms with Crippen molar-refractivity contribution in [1.82, 2.24) is 19.7 Å². The van der Waals surface area contributed by atoms with Crippen LogP contribution in [0.4, 0.5) is 5.13 Å². The van der Waals surface area contributed by atoms with Crippen LogP contribution in [-0.4, -0.2) is 31.9 Å². The van der Waals surface area contributed by atoms with Gasteiger partial charge in [-0.25, -0.2) is 4.98 Å². The highest BCUT2D eigenvalue weighted by atomic mass is 35.5. The van der Waals surface area contributed by atoms with Gasteiger partial charge in [-0.3, -0.25) is 10.1 Å². The van der Waals surface area contributed by atoms with E-state index in [1.54, 1.807) is 17.8 Å². The van der Waals surface area contributed by atoms with E-state index < -0.39 is 0 Å². The number of anilines is 1. The summed E-state index contributed by atoms with van der Waals surface area (Å²) in [5, 5.41) is 12.8. The Labute approximate surface area is 175 Å². The fourth-order valence-electron chi connectivity index (χ4n) is 2.86. The lowest BCUT2D eigenvalue weighted by molar-refractivity contribution is -0.116. The van der Waals surface area contributed by atoms with Crippen molar-refractivity contribution in [3.8, 4) is 10.6 Å². The molecule has 0 aliphatic rings.